The number of hydrogen-bond donors (Lipinski definition) is 0. The highest BCUT2D eigenvalue weighted by Gasteiger charge is 2.50. The minimum atomic E-state index is -0.633. The van der Waals surface area contributed by atoms with Crippen LogP contribution in [0.2, 0.25) is 0 Å². The first kappa shape index (κ1) is 36.0. The SMILES string of the molecule is C=CC1=C(/C=C/c2nc(C3=CC=CCC3)cc(-c3ccc(-c4ccccc4)cc3)n2)C2(c3cc(-c4cccc5cccnc45)ccc3S1)c1ccccc1-c1ccccc12. The van der Waals surface area contributed by atoms with E-state index in [0.29, 0.717) is 5.82 Å². The maximum Gasteiger partial charge on any atom is 0.153 e. The standard InChI is InChI=1S/C56H39N3S/c1-2-52-48(31-33-54-58-50(39-17-7-4-8-18-39)36-51(59-54)40-28-26-38(27-29-40)37-15-5-3-6-16-37)56(46-24-11-9-21-44(46)45-22-10-12-25-47(45)56)49-35-42(30-32-53(49)60-52)43-23-13-19-41-20-14-34-57-55(41)43/h2-7,9-17,19-36H,1,8,18H2/b33-31+. The van der Waals surface area contributed by atoms with Crippen LogP contribution in [0.1, 0.15) is 41.1 Å². The molecule has 0 N–H and O–H groups in total. The van der Waals surface area contributed by atoms with Crippen LogP contribution in [0.4, 0.5) is 0 Å². The molecule has 3 nitrogen and oxygen atoms in total. The van der Waals surface area contributed by atoms with E-state index in [0.717, 1.165) is 62.3 Å². The zero-order valence-electron chi connectivity index (χ0n) is 32.9. The lowest BCUT2D eigenvalue weighted by Gasteiger charge is -2.40. The summed E-state index contributed by atoms with van der Waals surface area (Å²) in [5.41, 5.74) is 16.5. The first-order chi connectivity index (χ1) is 29.7. The van der Waals surface area contributed by atoms with E-state index in [-0.39, 0.29) is 0 Å². The molecular weight excluding hydrogens is 747 g/mol. The molecule has 2 aliphatic carbocycles. The molecule has 0 unspecified atom stereocenters. The number of aromatic nitrogens is 3. The van der Waals surface area contributed by atoms with Gasteiger partial charge < -0.3 is 0 Å². The topological polar surface area (TPSA) is 38.7 Å². The zero-order valence-corrected chi connectivity index (χ0v) is 33.7. The molecule has 3 heterocycles. The van der Waals surface area contributed by atoms with Crippen molar-refractivity contribution in [3.8, 4) is 44.6 Å². The van der Waals surface area contributed by atoms with Gasteiger partial charge in [0, 0.05) is 32.5 Å². The van der Waals surface area contributed by atoms with E-state index in [1.165, 1.54) is 49.4 Å². The number of allylic oxidation sites excluding steroid dienone is 7. The monoisotopic (exact) mass is 785 g/mol. The molecule has 0 fully saturated rings. The van der Waals surface area contributed by atoms with Crippen LogP contribution in [0.3, 0.4) is 0 Å². The minimum Gasteiger partial charge on any atom is -0.256 e. The fourth-order valence-corrected chi connectivity index (χ4v) is 10.5. The summed E-state index contributed by atoms with van der Waals surface area (Å²) in [6, 6.07) is 56.7. The number of para-hydroxylation sites is 1. The molecular formula is C56H39N3S. The lowest BCUT2D eigenvalue weighted by atomic mass is 9.66. The minimum absolute atomic E-state index is 0.633. The molecule has 1 spiro atoms. The van der Waals surface area contributed by atoms with Crippen molar-refractivity contribution in [2.45, 2.75) is 23.2 Å². The number of rotatable bonds is 7. The van der Waals surface area contributed by atoms with E-state index in [9.17, 15) is 0 Å². The Balaban J connectivity index is 1.11. The highest BCUT2D eigenvalue weighted by atomic mass is 32.2. The number of fused-ring (bicyclic) bond motifs is 8. The maximum absolute atomic E-state index is 5.26. The Kier molecular flexibility index (Phi) is 8.94. The van der Waals surface area contributed by atoms with Crippen molar-refractivity contribution in [3.63, 3.8) is 0 Å². The van der Waals surface area contributed by atoms with Crippen LogP contribution in [-0.2, 0) is 5.41 Å². The maximum atomic E-state index is 5.26. The molecule has 0 atom stereocenters. The predicted molar refractivity (Wildman–Crippen MR) is 250 cm³/mol. The van der Waals surface area contributed by atoms with Crippen molar-refractivity contribution in [2.75, 3.05) is 0 Å². The van der Waals surface area contributed by atoms with E-state index < -0.39 is 5.41 Å². The van der Waals surface area contributed by atoms with Crippen LogP contribution < -0.4 is 0 Å². The molecule has 0 bridgehead atoms. The van der Waals surface area contributed by atoms with Crippen molar-refractivity contribution in [1.82, 2.24) is 15.0 Å². The fraction of sp³-hybridized carbons (Fsp3) is 0.0536. The van der Waals surface area contributed by atoms with Crippen LogP contribution in [0.5, 0.6) is 0 Å². The molecule has 0 saturated heterocycles. The van der Waals surface area contributed by atoms with Crippen LogP contribution in [0.15, 0.2) is 216 Å². The summed E-state index contributed by atoms with van der Waals surface area (Å²) in [5.74, 6) is 0.669. The number of hydrogen-bond acceptors (Lipinski definition) is 4. The van der Waals surface area contributed by atoms with Crippen molar-refractivity contribution >= 4 is 34.3 Å². The van der Waals surface area contributed by atoms with Gasteiger partial charge in [-0.2, -0.15) is 0 Å². The summed E-state index contributed by atoms with van der Waals surface area (Å²) in [6.45, 7) is 4.42. The number of pyridine rings is 1. The molecule has 0 amide bonds. The average Bonchev–Trinajstić information content (AvgIpc) is 3.61. The number of thioether (sulfide) groups is 1. The summed E-state index contributed by atoms with van der Waals surface area (Å²) >= 11 is 1.78. The Bertz CT molecular complexity index is 3080. The van der Waals surface area contributed by atoms with Gasteiger partial charge in [0.2, 0.25) is 0 Å². The molecule has 3 aliphatic rings. The lowest BCUT2D eigenvalue weighted by molar-refractivity contribution is 0.742. The highest BCUT2D eigenvalue weighted by Crippen LogP contribution is 2.62. The predicted octanol–water partition coefficient (Wildman–Crippen LogP) is 14.3. The quantitative estimate of drug-likeness (QED) is 0.161. The largest absolute Gasteiger partial charge is 0.256 e. The molecule has 60 heavy (non-hydrogen) atoms. The second kappa shape index (κ2) is 14.9. The lowest BCUT2D eigenvalue weighted by Crippen LogP contribution is -2.32. The van der Waals surface area contributed by atoms with E-state index in [1.54, 1.807) is 11.8 Å². The summed E-state index contributed by atoms with van der Waals surface area (Å²) < 4.78 is 0. The molecule has 4 heteroatoms. The molecule has 0 saturated carbocycles. The Labute approximate surface area is 355 Å². The van der Waals surface area contributed by atoms with Gasteiger partial charge in [0.1, 0.15) is 0 Å². The van der Waals surface area contributed by atoms with Gasteiger partial charge >= 0.3 is 0 Å². The van der Waals surface area contributed by atoms with Crippen molar-refractivity contribution in [2.24, 2.45) is 0 Å². The number of benzene rings is 6. The molecule has 284 valence electrons. The van der Waals surface area contributed by atoms with E-state index in [1.807, 2.05) is 18.3 Å². The van der Waals surface area contributed by atoms with E-state index in [4.69, 9.17) is 15.0 Å². The van der Waals surface area contributed by atoms with Crippen LogP contribution in [0, 0.1) is 0 Å². The van der Waals surface area contributed by atoms with Crippen molar-refractivity contribution in [1.29, 1.82) is 0 Å². The Hall–Kier alpha value is -7.14. The molecule has 8 aromatic rings. The van der Waals surface area contributed by atoms with E-state index in [2.05, 4.69) is 189 Å². The van der Waals surface area contributed by atoms with Gasteiger partial charge in [-0.05, 0) is 98.8 Å². The van der Waals surface area contributed by atoms with Gasteiger partial charge in [-0.1, -0.05) is 182 Å². The second-order valence-corrected chi connectivity index (χ2v) is 16.5. The van der Waals surface area contributed by atoms with Crippen molar-refractivity contribution in [3.05, 3.63) is 240 Å². The Morgan fingerprint density at radius 2 is 1.27 bits per heavy atom. The zero-order chi connectivity index (χ0) is 40.0. The first-order valence-corrected chi connectivity index (χ1v) is 21.3. The van der Waals surface area contributed by atoms with Gasteiger partial charge in [0.25, 0.3) is 0 Å². The summed E-state index contributed by atoms with van der Waals surface area (Å²) in [6.07, 6.45) is 16.8. The van der Waals surface area contributed by atoms with Crippen LogP contribution in [-0.4, -0.2) is 15.0 Å². The molecule has 6 aromatic carbocycles. The van der Waals surface area contributed by atoms with Gasteiger partial charge in [-0.25, -0.2) is 9.97 Å². The van der Waals surface area contributed by atoms with Gasteiger partial charge in [0.05, 0.1) is 22.3 Å². The smallest absolute Gasteiger partial charge is 0.153 e. The summed E-state index contributed by atoms with van der Waals surface area (Å²) in [5, 5.41) is 1.12. The third-order valence-corrected chi connectivity index (χ3v) is 13.3. The molecule has 11 rings (SSSR count). The first-order valence-electron chi connectivity index (χ1n) is 20.5. The van der Waals surface area contributed by atoms with Crippen molar-refractivity contribution < 1.29 is 0 Å². The summed E-state index contributed by atoms with van der Waals surface area (Å²) in [4.78, 5) is 17.7. The third kappa shape index (κ3) is 5.94. The normalized spacial score (nSPS) is 14.9. The molecule has 0 radical (unpaired) electrons. The average molecular weight is 786 g/mol. The van der Waals surface area contributed by atoms with Crippen LogP contribution in [0.25, 0.3) is 67.2 Å². The Morgan fingerprint density at radius 3 is 2.03 bits per heavy atom. The highest BCUT2D eigenvalue weighted by molar-refractivity contribution is 8.03. The fourth-order valence-electron chi connectivity index (χ4n) is 9.38. The molecule has 1 aliphatic heterocycles. The van der Waals surface area contributed by atoms with Crippen LogP contribution >= 0.6 is 11.8 Å². The Morgan fingerprint density at radius 1 is 0.583 bits per heavy atom. The molecule has 2 aromatic heterocycles. The van der Waals surface area contributed by atoms with Gasteiger partial charge in [0.15, 0.2) is 5.82 Å². The third-order valence-electron chi connectivity index (χ3n) is 12.1. The summed E-state index contributed by atoms with van der Waals surface area (Å²) in [7, 11) is 0. The number of nitrogens with zero attached hydrogens (tertiary/aromatic N) is 3. The second-order valence-electron chi connectivity index (χ2n) is 15.4. The van der Waals surface area contributed by atoms with Gasteiger partial charge in [-0.3, -0.25) is 4.98 Å². The van der Waals surface area contributed by atoms with Gasteiger partial charge in [-0.15, -0.1) is 0 Å². The van der Waals surface area contributed by atoms with E-state index >= 15 is 0 Å².